The predicted molar refractivity (Wildman–Crippen MR) is 44.1 cm³/mol. The first-order chi connectivity index (χ1) is 4.77. The number of hydrogen-bond donors (Lipinski definition) is 2. The third-order valence-corrected chi connectivity index (χ3v) is 2.30. The number of nitrogens with two attached hydrogens (primary N) is 2. The molecule has 3 nitrogen and oxygen atoms in total. The smallest absolute Gasteiger partial charge is 0.118 e. The number of fused-ring (bicyclic) bond motifs is 1. The van der Waals surface area contributed by atoms with Crippen LogP contribution >= 0.6 is 11.3 Å². The molecule has 0 saturated carbocycles. The van der Waals surface area contributed by atoms with Gasteiger partial charge in [0.25, 0.3) is 0 Å². The van der Waals surface area contributed by atoms with Gasteiger partial charge in [-0.2, -0.15) is 0 Å². The van der Waals surface area contributed by atoms with Gasteiger partial charge in [0.05, 0.1) is 5.69 Å². The summed E-state index contributed by atoms with van der Waals surface area (Å²) in [6.45, 7) is 0. The molecule has 0 bridgehead atoms. The number of anilines is 2. The molecule has 2 rings (SSSR count). The van der Waals surface area contributed by atoms with E-state index >= 15 is 0 Å². The van der Waals surface area contributed by atoms with Crippen molar-refractivity contribution in [2.75, 3.05) is 11.5 Å². The van der Waals surface area contributed by atoms with E-state index in [1.165, 1.54) is 0 Å². The van der Waals surface area contributed by atoms with Crippen molar-refractivity contribution in [1.82, 2.24) is 4.40 Å². The zero-order valence-corrected chi connectivity index (χ0v) is 6.06. The Morgan fingerprint density at radius 2 is 2.20 bits per heavy atom. The predicted octanol–water partition coefficient (Wildman–Crippen LogP) is 1.17. The molecule has 0 amide bonds. The van der Waals surface area contributed by atoms with Crippen LogP contribution in [0.3, 0.4) is 0 Å². The van der Waals surface area contributed by atoms with Gasteiger partial charge in [-0.15, -0.1) is 11.3 Å². The second kappa shape index (κ2) is 1.67. The SMILES string of the molecule is Nc1cc2scc(N)n2c1. The molecule has 0 unspecified atom stereocenters. The maximum Gasteiger partial charge on any atom is 0.118 e. The molecular weight excluding hydrogens is 146 g/mol. The Labute approximate surface area is 61.9 Å². The van der Waals surface area contributed by atoms with E-state index in [1.807, 2.05) is 22.0 Å². The summed E-state index contributed by atoms with van der Waals surface area (Å²) in [5.41, 5.74) is 11.9. The van der Waals surface area contributed by atoms with Gasteiger partial charge in [-0.1, -0.05) is 0 Å². The molecule has 0 aliphatic carbocycles. The average Bonchev–Trinajstić information content (AvgIpc) is 2.35. The first-order valence-electron chi connectivity index (χ1n) is 2.88. The highest BCUT2D eigenvalue weighted by molar-refractivity contribution is 7.16. The minimum absolute atomic E-state index is 0.747. The minimum atomic E-state index is 0.747. The molecular formula is C6H7N3S. The van der Waals surface area contributed by atoms with Crippen molar-refractivity contribution in [2.45, 2.75) is 0 Å². The summed E-state index contributed by atoms with van der Waals surface area (Å²) in [7, 11) is 0. The Morgan fingerprint density at radius 1 is 1.40 bits per heavy atom. The lowest BCUT2D eigenvalue weighted by Gasteiger charge is -1.85. The summed E-state index contributed by atoms with van der Waals surface area (Å²) in [5.74, 6) is 0.747. The maximum absolute atomic E-state index is 5.61. The van der Waals surface area contributed by atoms with E-state index in [-0.39, 0.29) is 0 Å². The summed E-state index contributed by atoms with van der Waals surface area (Å²) in [5, 5.41) is 1.90. The van der Waals surface area contributed by atoms with Crippen molar-refractivity contribution in [1.29, 1.82) is 0 Å². The number of hydrogen-bond acceptors (Lipinski definition) is 3. The highest BCUT2D eigenvalue weighted by Gasteiger charge is 1.99. The molecule has 4 heteroatoms. The molecule has 0 aliphatic heterocycles. The zero-order chi connectivity index (χ0) is 7.14. The monoisotopic (exact) mass is 153 g/mol. The Kier molecular flexibility index (Phi) is 0.935. The highest BCUT2D eigenvalue weighted by atomic mass is 32.1. The molecule has 0 radical (unpaired) electrons. The van der Waals surface area contributed by atoms with Gasteiger partial charge in [0.1, 0.15) is 10.6 Å². The molecule has 4 N–H and O–H groups in total. The van der Waals surface area contributed by atoms with Crippen LogP contribution in [0.25, 0.3) is 4.83 Å². The van der Waals surface area contributed by atoms with E-state index in [1.54, 1.807) is 11.3 Å². The van der Waals surface area contributed by atoms with Crippen molar-refractivity contribution in [3.8, 4) is 0 Å². The second-order valence-electron chi connectivity index (χ2n) is 2.14. The Bertz CT molecular complexity index is 360. The molecule has 2 heterocycles. The first kappa shape index (κ1) is 5.61. The van der Waals surface area contributed by atoms with Crippen molar-refractivity contribution in [3.05, 3.63) is 17.6 Å². The lowest BCUT2D eigenvalue weighted by atomic mass is 10.6. The lowest BCUT2D eigenvalue weighted by Crippen LogP contribution is -1.88. The topological polar surface area (TPSA) is 56.5 Å². The van der Waals surface area contributed by atoms with E-state index in [2.05, 4.69) is 0 Å². The van der Waals surface area contributed by atoms with E-state index in [0.29, 0.717) is 0 Å². The third kappa shape index (κ3) is 0.593. The number of aromatic nitrogens is 1. The fraction of sp³-hybridized carbons (Fsp3) is 0. The van der Waals surface area contributed by atoms with Crippen LogP contribution in [-0.4, -0.2) is 4.40 Å². The standard InChI is InChI=1S/C6H7N3S/c7-4-1-6-9(2-4)5(8)3-10-6/h1-3H,7-8H2. The third-order valence-electron chi connectivity index (χ3n) is 1.38. The van der Waals surface area contributed by atoms with Crippen LogP contribution in [0.1, 0.15) is 0 Å². The van der Waals surface area contributed by atoms with E-state index in [0.717, 1.165) is 16.3 Å². The number of thiazole rings is 1. The second-order valence-corrected chi connectivity index (χ2v) is 3.03. The molecule has 0 fully saturated rings. The number of nitrogens with zero attached hydrogens (tertiary/aromatic N) is 1. The Balaban J connectivity index is 2.90. The summed E-state index contributed by atoms with van der Waals surface area (Å²) in [6, 6.07) is 1.90. The van der Waals surface area contributed by atoms with Gasteiger partial charge < -0.3 is 11.5 Å². The average molecular weight is 153 g/mol. The first-order valence-corrected chi connectivity index (χ1v) is 3.76. The summed E-state index contributed by atoms with van der Waals surface area (Å²) in [6.07, 6.45) is 1.82. The largest absolute Gasteiger partial charge is 0.397 e. The van der Waals surface area contributed by atoms with Crippen LogP contribution < -0.4 is 11.5 Å². The minimum Gasteiger partial charge on any atom is -0.397 e. The fourth-order valence-corrected chi connectivity index (χ4v) is 1.76. The van der Waals surface area contributed by atoms with Crippen LogP contribution in [0, 0.1) is 0 Å². The summed E-state index contributed by atoms with van der Waals surface area (Å²) in [4.78, 5) is 1.09. The number of rotatable bonds is 0. The van der Waals surface area contributed by atoms with Crippen LogP contribution in [0.2, 0.25) is 0 Å². The van der Waals surface area contributed by atoms with Crippen molar-refractivity contribution >= 4 is 27.7 Å². The Hall–Kier alpha value is -1.16. The van der Waals surface area contributed by atoms with Gasteiger partial charge in [-0.25, -0.2) is 0 Å². The van der Waals surface area contributed by atoms with Gasteiger partial charge in [0.15, 0.2) is 0 Å². The van der Waals surface area contributed by atoms with E-state index < -0.39 is 0 Å². The fourth-order valence-electron chi connectivity index (χ4n) is 0.932. The molecule has 52 valence electrons. The van der Waals surface area contributed by atoms with Crippen LogP contribution in [0.15, 0.2) is 17.6 Å². The van der Waals surface area contributed by atoms with Crippen molar-refractivity contribution in [2.24, 2.45) is 0 Å². The molecule has 0 aromatic carbocycles. The lowest BCUT2D eigenvalue weighted by molar-refractivity contribution is 1.25. The molecule has 0 saturated heterocycles. The maximum atomic E-state index is 5.61. The highest BCUT2D eigenvalue weighted by Crippen LogP contribution is 2.21. The van der Waals surface area contributed by atoms with Crippen molar-refractivity contribution in [3.63, 3.8) is 0 Å². The molecule has 2 aromatic heterocycles. The Morgan fingerprint density at radius 3 is 2.90 bits per heavy atom. The van der Waals surface area contributed by atoms with Gasteiger partial charge in [-0.3, -0.25) is 4.40 Å². The number of nitrogen functional groups attached to an aromatic ring is 2. The quantitative estimate of drug-likeness (QED) is 0.596. The van der Waals surface area contributed by atoms with Crippen LogP contribution in [0.5, 0.6) is 0 Å². The molecule has 2 aromatic rings. The molecule has 0 aliphatic rings. The van der Waals surface area contributed by atoms with Crippen LogP contribution in [-0.2, 0) is 0 Å². The molecule has 0 spiro atoms. The van der Waals surface area contributed by atoms with E-state index in [4.69, 9.17) is 11.5 Å². The summed E-state index contributed by atoms with van der Waals surface area (Å²) >= 11 is 1.59. The van der Waals surface area contributed by atoms with Gasteiger partial charge in [0.2, 0.25) is 0 Å². The van der Waals surface area contributed by atoms with Gasteiger partial charge in [-0.05, 0) is 6.07 Å². The van der Waals surface area contributed by atoms with Gasteiger partial charge in [0, 0.05) is 11.6 Å². The van der Waals surface area contributed by atoms with Gasteiger partial charge >= 0.3 is 0 Å². The molecule has 0 atom stereocenters. The van der Waals surface area contributed by atoms with Crippen LogP contribution in [0.4, 0.5) is 11.5 Å². The molecule has 10 heavy (non-hydrogen) atoms. The normalized spacial score (nSPS) is 10.8. The zero-order valence-electron chi connectivity index (χ0n) is 5.24. The van der Waals surface area contributed by atoms with E-state index in [9.17, 15) is 0 Å². The summed E-state index contributed by atoms with van der Waals surface area (Å²) < 4.78 is 1.88. The van der Waals surface area contributed by atoms with Crippen molar-refractivity contribution < 1.29 is 0 Å².